The van der Waals surface area contributed by atoms with Crippen LogP contribution in [-0.4, -0.2) is 65.8 Å². The van der Waals surface area contributed by atoms with Crippen LogP contribution in [0.25, 0.3) is 0 Å². The maximum absolute atomic E-state index is 13.1. The standard InChI is InChI=1S/C18H22N2O6S2/c1-25-15-8-9-17(26-2)18(14-15)28(23,24)20-12-10-19(11-13-20)27(21,22)16-6-4-3-5-7-16/h3-9,14H,10-13H2,1-2H3. The van der Waals surface area contributed by atoms with Gasteiger partial charge >= 0.3 is 0 Å². The Morgan fingerprint density at radius 3 is 1.86 bits per heavy atom. The van der Waals surface area contributed by atoms with Gasteiger partial charge in [-0.3, -0.25) is 0 Å². The molecule has 3 rings (SSSR count). The van der Waals surface area contributed by atoms with Gasteiger partial charge in [-0.2, -0.15) is 8.61 Å². The molecular weight excluding hydrogens is 404 g/mol. The van der Waals surface area contributed by atoms with Gasteiger partial charge in [0.25, 0.3) is 0 Å². The van der Waals surface area contributed by atoms with Gasteiger partial charge in [-0.05, 0) is 24.3 Å². The van der Waals surface area contributed by atoms with E-state index in [1.165, 1.54) is 47.1 Å². The van der Waals surface area contributed by atoms with E-state index < -0.39 is 20.0 Å². The lowest BCUT2D eigenvalue weighted by Crippen LogP contribution is -2.50. The summed E-state index contributed by atoms with van der Waals surface area (Å²) >= 11 is 0. The van der Waals surface area contributed by atoms with E-state index in [4.69, 9.17) is 9.47 Å². The molecule has 0 radical (unpaired) electrons. The van der Waals surface area contributed by atoms with Crippen molar-refractivity contribution in [2.45, 2.75) is 9.79 Å². The molecule has 1 saturated heterocycles. The van der Waals surface area contributed by atoms with Crippen molar-refractivity contribution in [1.82, 2.24) is 8.61 Å². The number of ether oxygens (including phenoxy) is 2. The topological polar surface area (TPSA) is 93.2 Å². The predicted molar refractivity (Wildman–Crippen MR) is 104 cm³/mol. The Morgan fingerprint density at radius 1 is 0.750 bits per heavy atom. The highest BCUT2D eigenvalue weighted by Crippen LogP contribution is 2.31. The average molecular weight is 427 g/mol. The van der Waals surface area contributed by atoms with Gasteiger partial charge in [0.1, 0.15) is 16.4 Å². The number of benzene rings is 2. The predicted octanol–water partition coefficient (Wildman–Crippen LogP) is 1.40. The zero-order valence-electron chi connectivity index (χ0n) is 15.6. The van der Waals surface area contributed by atoms with Gasteiger partial charge in [-0.15, -0.1) is 0 Å². The normalized spacial score (nSPS) is 16.6. The van der Waals surface area contributed by atoms with E-state index in [1.807, 2.05) is 0 Å². The van der Waals surface area contributed by atoms with E-state index in [0.717, 1.165) is 0 Å². The molecule has 152 valence electrons. The van der Waals surface area contributed by atoms with Gasteiger partial charge in [-0.1, -0.05) is 18.2 Å². The third kappa shape index (κ3) is 3.86. The van der Waals surface area contributed by atoms with Crippen LogP contribution in [-0.2, 0) is 20.0 Å². The third-order valence-corrected chi connectivity index (χ3v) is 8.40. The van der Waals surface area contributed by atoms with Crippen LogP contribution in [0.4, 0.5) is 0 Å². The summed E-state index contributed by atoms with van der Waals surface area (Å²) in [5, 5.41) is 0. The maximum Gasteiger partial charge on any atom is 0.246 e. The molecule has 10 heteroatoms. The van der Waals surface area contributed by atoms with Crippen molar-refractivity contribution in [3.63, 3.8) is 0 Å². The summed E-state index contributed by atoms with van der Waals surface area (Å²) in [6.45, 7) is 0.245. The number of rotatable bonds is 6. The molecule has 0 unspecified atom stereocenters. The van der Waals surface area contributed by atoms with Gasteiger partial charge in [0.2, 0.25) is 20.0 Å². The Hall–Kier alpha value is -2.14. The lowest BCUT2D eigenvalue weighted by molar-refractivity contribution is 0.272. The van der Waals surface area contributed by atoms with Crippen molar-refractivity contribution in [3.8, 4) is 11.5 Å². The number of methoxy groups -OCH3 is 2. The summed E-state index contributed by atoms with van der Waals surface area (Å²) < 4.78 is 64.5. The summed E-state index contributed by atoms with van der Waals surface area (Å²) in [7, 11) is -4.67. The first kappa shape index (κ1) is 20.6. The van der Waals surface area contributed by atoms with Gasteiger partial charge in [-0.25, -0.2) is 16.8 Å². The molecule has 28 heavy (non-hydrogen) atoms. The maximum atomic E-state index is 13.1. The molecule has 0 aliphatic carbocycles. The number of hydrogen-bond acceptors (Lipinski definition) is 6. The highest BCUT2D eigenvalue weighted by atomic mass is 32.2. The van der Waals surface area contributed by atoms with E-state index >= 15 is 0 Å². The minimum absolute atomic E-state index is 0.00582. The molecule has 1 aliphatic heterocycles. The van der Waals surface area contributed by atoms with Crippen LogP contribution in [0.1, 0.15) is 0 Å². The molecule has 2 aromatic rings. The van der Waals surface area contributed by atoms with E-state index in [1.54, 1.807) is 24.3 Å². The fourth-order valence-electron chi connectivity index (χ4n) is 3.02. The molecule has 0 aromatic heterocycles. The Morgan fingerprint density at radius 2 is 1.32 bits per heavy atom. The van der Waals surface area contributed by atoms with Crippen LogP contribution in [0.5, 0.6) is 11.5 Å². The molecule has 1 aliphatic rings. The van der Waals surface area contributed by atoms with Crippen LogP contribution in [0.3, 0.4) is 0 Å². The Balaban J connectivity index is 1.81. The van der Waals surface area contributed by atoms with E-state index in [-0.39, 0.29) is 41.7 Å². The molecule has 0 amide bonds. The first-order valence-electron chi connectivity index (χ1n) is 8.58. The molecule has 0 spiro atoms. The Kier molecular flexibility index (Phi) is 5.94. The molecule has 1 fully saturated rings. The van der Waals surface area contributed by atoms with Gasteiger partial charge in [0.15, 0.2) is 0 Å². The van der Waals surface area contributed by atoms with Crippen LogP contribution < -0.4 is 9.47 Å². The first-order chi connectivity index (χ1) is 13.3. The highest BCUT2D eigenvalue weighted by molar-refractivity contribution is 7.89. The Bertz CT molecular complexity index is 1030. The highest BCUT2D eigenvalue weighted by Gasteiger charge is 2.35. The SMILES string of the molecule is COc1ccc(OC)c(S(=O)(=O)N2CCN(S(=O)(=O)c3ccccc3)CC2)c1. The molecule has 0 N–H and O–H groups in total. The lowest BCUT2D eigenvalue weighted by atomic mass is 10.3. The van der Waals surface area contributed by atoms with Crippen molar-refractivity contribution in [3.05, 3.63) is 48.5 Å². The van der Waals surface area contributed by atoms with Gasteiger partial charge in [0.05, 0.1) is 19.1 Å². The summed E-state index contributed by atoms with van der Waals surface area (Å²) in [5.41, 5.74) is 0. The van der Waals surface area contributed by atoms with Crippen molar-refractivity contribution in [1.29, 1.82) is 0 Å². The number of piperazine rings is 1. The summed E-state index contributed by atoms with van der Waals surface area (Å²) in [6.07, 6.45) is 0. The quantitative estimate of drug-likeness (QED) is 0.693. The molecule has 2 aromatic carbocycles. The van der Waals surface area contributed by atoms with Gasteiger partial charge < -0.3 is 9.47 Å². The van der Waals surface area contributed by atoms with Crippen molar-refractivity contribution < 1.29 is 26.3 Å². The minimum Gasteiger partial charge on any atom is -0.497 e. The van der Waals surface area contributed by atoms with E-state index in [2.05, 4.69) is 0 Å². The van der Waals surface area contributed by atoms with Crippen molar-refractivity contribution >= 4 is 20.0 Å². The number of nitrogens with zero attached hydrogens (tertiary/aromatic N) is 2. The van der Waals surface area contributed by atoms with E-state index in [9.17, 15) is 16.8 Å². The second kappa shape index (κ2) is 8.08. The molecule has 0 saturated carbocycles. The fraction of sp³-hybridized carbons (Fsp3) is 0.333. The van der Waals surface area contributed by atoms with Crippen LogP contribution in [0, 0.1) is 0 Å². The monoisotopic (exact) mass is 426 g/mol. The van der Waals surface area contributed by atoms with Gasteiger partial charge in [0, 0.05) is 32.2 Å². The third-order valence-electron chi connectivity index (χ3n) is 4.57. The van der Waals surface area contributed by atoms with Crippen LogP contribution in [0.2, 0.25) is 0 Å². The second-order valence-corrected chi connectivity index (χ2v) is 9.98. The van der Waals surface area contributed by atoms with Crippen molar-refractivity contribution in [2.24, 2.45) is 0 Å². The number of sulfonamides is 2. The average Bonchev–Trinajstić information content (AvgIpc) is 2.74. The van der Waals surface area contributed by atoms with Crippen LogP contribution >= 0.6 is 0 Å². The van der Waals surface area contributed by atoms with Crippen LogP contribution in [0.15, 0.2) is 58.3 Å². The first-order valence-corrected chi connectivity index (χ1v) is 11.5. The number of hydrogen-bond donors (Lipinski definition) is 0. The smallest absolute Gasteiger partial charge is 0.246 e. The van der Waals surface area contributed by atoms with E-state index in [0.29, 0.717) is 5.75 Å². The molecule has 8 nitrogen and oxygen atoms in total. The fourth-order valence-corrected chi connectivity index (χ4v) is 6.05. The molecular formula is C18H22N2O6S2. The lowest BCUT2D eigenvalue weighted by Gasteiger charge is -2.33. The van der Waals surface area contributed by atoms with Crippen molar-refractivity contribution in [2.75, 3.05) is 40.4 Å². The Labute approximate surface area is 165 Å². The minimum atomic E-state index is -3.86. The summed E-state index contributed by atoms with van der Waals surface area (Å²) in [6, 6.07) is 12.7. The molecule has 1 heterocycles. The second-order valence-electron chi connectivity index (χ2n) is 6.14. The molecule has 0 bridgehead atoms. The zero-order chi connectivity index (χ0) is 20.4. The summed E-state index contributed by atoms with van der Waals surface area (Å²) in [5.74, 6) is 0.602. The largest absolute Gasteiger partial charge is 0.497 e. The zero-order valence-corrected chi connectivity index (χ0v) is 17.2. The summed E-state index contributed by atoms with van der Waals surface area (Å²) in [4.78, 5) is 0.189. The molecule has 0 atom stereocenters.